The highest BCUT2D eigenvalue weighted by molar-refractivity contribution is 5.30. The van der Waals surface area contributed by atoms with Gasteiger partial charge in [0.25, 0.3) is 0 Å². The molecule has 0 spiro atoms. The first-order chi connectivity index (χ1) is 10.8. The topological polar surface area (TPSA) is 62.1 Å². The lowest BCUT2D eigenvalue weighted by molar-refractivity contribution is 0.137. The van der Waals surface area contributed by atoms with Crippen LogP contribution in [0.25, 0.3) is 5.78 Å². The van der Waals surface area contributed by atoms with Gasteiger partial charge < -0.3 is 0 Å². The number of rotatable bonds is 3. The van der Waals surface area contributed by atoms with Crippen molar-refractivity contribution in [3.8, 4) is 0 Å². The summed E-state index contributed by atoms with van der Waals surface area (Å²) >= 11 is 0. The summed E-state index contributed by atoms with van der Waals surface area (Å²) in [6.45, 7) is 4.11. The Hall–Kier alpha value is -2.21. The summed E-state index contributed by atoms with van der Waals surface area (Å²) in [4.78, 5) is 11.6. The predicted molar refractivity (Wildman–Crippen MR) is 83.3 cm³/mol. The van der Waals surface area contributed by atoms with E-state index in [-0.39, 0.29) is 0 Å². The fourth-order valence-electron chi connectivity index (χ4n) is 3.27. The number of nitrogens with one attached hydrogen (secondary N) is 1. The second kappa shape index (κ2) is 5.53. The van der Waals surface area contributed by atoms with Gasteiger partial charge in [0.15, 0.2) is 0 Å². The van der Waals surface area contributed by atoms with Crippen LogP contribution in [0.3, 0.4) is 0 Å². The normalized spacial score (nSPS) is 19.8. The highest BCUT2D eigenvalue weighted by atomic mass is 15.2. The van der Waals surface area contributed by atoms with E-state index in [1.807, 2.05) is 16.8 Å². The van der Waals surface area contributed by atoms with Gasteiger partial charge >= 0.3 is 0 Å². The van der Waals surface area contributed by atoms with Gasteiger partial charge in [0.1, 0.15) is 0 Å². The van der Waals surface area contributed by atoms with E-state index in [2.05, 4.69) is 39.3 Å². The second-order valence-corrected chi connectivity index (χ2v) is 5.99. The maximum absolute atomic E-state index is 4.75. The van der Waals surface area contributed by atoms with Crippen molar-refractivity contribution >= 4 is 5.78 Å². The summed E-state index contributed by atoms with van der Waals surface area (Å²) in [6, 6.07) is 2.49. The summed E-state index contributed by atoms with van der Waals surface area (Å²) < 4.78 is 1.96. The number of fused-ring (bicyclic) bond motifs is 1. The van der Waals surface area contributed by atoms with Crippen LogP contribution >= 0.6 is 0 Å². The molecule has 1 unspecified atom stereocenters. The van der Waals surface area contributed by atoms with E-state index in [4.69, 9.17) is 4.98 Å². The van der Waals surface area contributed by atoms with E-state index in [9.17, 15) is 0 Å². The number of H-pyrrole nitrogens is 1. The second-order valence-electron chi connectivity index (χ2n) is 5.99. The van der Waals surface area contributed by atoms with Gasteiger partial charge in [-0.3, -0.25) is 14.4 Å². The molecule has 1 N–H and O–H groups in total. The van der Waals surface area contributed by atoms with Gasteiger partial charge in [-0.25, -0.2) is 9.97 Å². The molecule has 3 aromatic heterocycles. The van der Waals surface area contributed by atoms with Gasteiger partial charge in [0.05, 0.1) is 17.9 Å². The van der Waals surface area contributed by atoms with Crippen LogP contribution in [-0.2, 0) is 6.54 Å². The number of imidazole rings is 1. The smallest absolute Gasteiger partial charge is 0.233 e. The van der Waals surface area contributed by atoms with Crippen molar-refractivity contribution in [2.75, 3.05) is 6.54 Å². The van der Waals surface area contributed by atoms with Crippen LogP contribution in [0, 0.1) is 6.92 Å². The van der Waals surface area contributed by atoms with E-state index in [0.717, 1.165) is 36.7 Å². The average Bonchev–Trinajstić information content (AvgIpc) is 3.16. The van der Waals surface area contributed by atoms with Crippen molar-refractivity contribution in [2.24, 2.45) is 0 Å². The molecule has 0 radical (unpaired) electrons. The first-order valence-corrected chi connectivity index (χ1v) is 7.84. The van der Waals surface area contributed by atoms with Crippen molar-refractivity contribution in [1.82, 2.24) is 29.5 Å². The highest BCUT2D eigenvalue weighted by Crippen LogP contribution is 2.31. The van der Waals surface area contributed by atoms with Crippen LogP contribution < -0.4 is 0 Å². The molecule has 6 nitrogen and oxygen atoms in total. The van der Waals surface area contributed by atoms with Crippen LogP contribution in [0.1, 0.15) is 42.3 Å². The number of aryl methyl sites for hydroxylation is 1. The van der Waals surface area contributed by atoms with Crippen LogP contribution in [0.15, 0.2) is 30.9 Å². The molecule has 6 heteroatoms. The van der Waals surface area contributed by atoms with Gasteiger partial charge in [0, 0.05) is 36.4 Å². The minimum absolute atomic E-state index is 0.366. The molecule has 0 aromatic carbocycles. The molecule has 22 heavy (non-hydrogen) atoms. The van der Waals surface area contributed by atoms with Crippen LogP contribution in [0.2, 0.25) is 0 Å². The largest absolute Gasteiger partial charge is 0.291 e. The zero-order chi connectivity index (χ0) is 14.9. The van der Waals surface area contributed by atoms with E-state index in [0.29, 0.717) is 6.04 Å². The Labute approximate surface area is 129 Å². The minimum atomic E-state index is 0.366. The van der Waals surface area contributed by atoms with Gasteiger partial charge in [-0.05, 0) is 32.4 Å². The van der Waals surface area contributed by atoms with Crippen molar-refractivity contribution in [1.29, 1.82) is 0 Å². The molecule has 1 atom stereocenters. The van der Waals surface area contributed by atoms with Crippen molar-refractivity contribution in [3.63, 3.8) is 0 Å². The van der Waals surface area contributed by atoms with Crippen LogP contribution in [0.4, 0.5) is 0 Å². The number of aromatic amines is 1. The molecule has 1 aliphatic rings. The first kappa shape index (κ1) is 13.5. The minimum Gasteiger partial charge on any atom is -0.291 e. The molecule has 114 valence electrons. The summed E-state index contributed by atoms with van der Waals surface area (Å²) in [5, 5.41) is 7.17. The molecule has 0 amide bonds. The number of hydrogen-bond donors (Lipinski definition) is 1. The number of hydrogen-bond acceptors (Lipinski definition) is 4. The molecule has 1 saturated heterocycles. The predicted octanol–water partition coefficient (Wildman–Crippen LogP) is 2.49. The third kappa shape index (κ3) is 2.39. The maximum atomic E-state index is 4.75. The summed E-state index contributed by atoms with van der Waals surface area (Å²) in [5.41, 5.74) is 3.55. The maximum Gasteiger partial charge on any atom is 0.233 e. The molecule has 4 heterocycles. The Balaban J connectivity index is 1.63. The SMILES string of the molecule is Cc1[nH]ncc1CN1CCCCC1c1ccn2ccnc2n1. The average molecular weight is 296 g/mol. The van der Waals surface area contributed by atoms with Crippen LogP contribution in [-0.4, -0.2) is 36.0 Å². The Morgan fingerprint density at radius 1 is 1.32 bits per heavy atom. The quantitative estimate of drug-likeness (QED) is 0.806. The number of nitrogens with zero attached hydrogens (tertiary/aromatic N) is 5. The lowest BCUT2D eigenvalue weighted by Gasteiger charge is -2.35. The van der Waals surface area contributed by atoms with Crippen LogP contribution in [0.5, 0.6) is 0 Å². The molecular weight excluding hydrogens is 276 g/mol. The summed E-state index contributed by atoms with van der Waals surface area (Å²) in [6.07, 6.45) is 11.4. The molecule has 1 aliphatic heterocycles. The summed E-state index contributed by atoms with van der Waals surface area (Å²) in [7, 11) is 0. The fourth-order valence-corrected chi connectivity index (χ4v) is 3.27. The van der Waals surface area contributed by atoms with Crippen molar-refractivity contribution in [3.05, 3.63) is 47.8 Å². The number of piperidine rings is 1. The lowest BCUT2D eigenvalue weighted by atomic mass is 9.98. The number of aromatic nitrogens is 5. The highest BCUT2D eigenvalue weighted by Gasteiger charge is 2.26. The van der Waals surface area contributed by atoms with E-state index in [1.165, 1.54) is 18.4 Å². The van der Waals surface area contributed by atoms with E-state index in [1.54, 1.807) is 6.20 Å². The molecular formula is C16H20N6. The number of likely N-dealkylation sites (tertiary alicyclic amines) is 1. The Morgan fingerprint density at radius 2 is 2.27 bits per heavy atom. The van der Waals surface area contributed by atoms with Crippen molar-refractivity contribution in [2.45, 2.75) is 38.8 Å². The zero-order valence-electron chi connectivity index (χ0n) is 12.7. The zero-order valence-corrected chi connectivity index (χ0v) is 12.7. The van der Waals surface area contributed by atoms with Gasteiger partial charge in [-0.15, -0.1) is 0 Å². The molecule has 1 fully saturated rings. The molecule has 0 saturated carbocycles. The fraction of sp³-hybridized carbons (Fsp3) is 0.438. The Morgan fingerprint density at radius 3 is 3.14 bits per heavy atom. The van der Waals surface area contributed by atoms with E-state index < -0.39 is 0 Å². The van der Waals surface area contributed by atoms with E-state index >= 15 is 0 Å². The monoisotopic (exact) mass is 296 g/mol. The van der Waals surface area contributed by atoms with Gasteiger partial charge in [-0.1, -0.05) is 6.42 Å². The van der Waals surface area contributed by atoms with Crippen molar-refractivity contribution < 1.29 is 0 Å². The Kier molecular flexibility index (Phi) is 3.38. The lowest BCUT2D eigenvalue weighted by Crippen LogP contribution is -2.33. The third-order valence-electron chi connectivity index (χ3n) is 4.55. The molecule has 0 bridgehead atoms. The molecule has 3 aromatic rings. The first-order valence-electron chi connectivity index (χ1n) is 7.84. The molecule has 0 aliphatic carbocycles. The molecule has 4 rings (SSSR count). The standard InChI is InChI=1S/C16H20N6/c1-12-13(10-18-20-12)11-22-7-3-2-4-15(22)14-5-8-21-9-6-17-16(21)19-14/h5-6,8-10,15H,2-4,7,11H2,1H3,(H,18,20). The van der Waals surface area contributed by atoms with Gasteiger partial charge in [0.2, 0.25) is 5.78 Å². The third-order valence-corrected chi connectivity index (χ3v) is 4.55. The Bertz CT molecular complexity index is 774. The van der Waals surface area contributed by atoms with Gasteiger partial charge in [-0.2, -0.15) is 5.10 Å². The summed E-state index contributed by atoms with van der Waals surface area (Å²) in [5.74, 6) is 0.780.